The van der Waals surface area contributed by atoms with Crippen LogP contribution in [0, 0.1) is 13.8 Å². The van der Waals surface area contributed by atoms with Crippen molar-refractivity contribution in [2.45, 2.75) is 18.7 Å². The standard InChI is InChI=1S/C11H12N4O3S/c1-7-12-8(2)14-11(13-7)15-9-3-5-10(6-4-9)19(16,17)18/h3-6H,1-2H3,(H,16,17,18)(H,12,13,14,15). The molecule has 1 aromatic heterocycles. The number of nitrogens with one attached hydrogen (secondary N) is 1. The highest BCUT2D eigenvalue weighted by atomic mass is 32.2. The molecule has 0 saturated heterocycles. The van der Waals surface area contributed by atoms with E-state index in [0.29, 0.717) is 23.3 Å². The van der Waals surface area contributed by atoms with Crippen LogP contribution in [-0.4, -0.2) is 27.9 Å². The molecular formula is C11H12N4O3S. The predicted octanol–water partition coefficient (Wildman–Crippen LogP) is 1.48. The SMILES string of the molecule is Cc1nc(C)nc(Nc2ccc(S(=O)(=O)O)cc2)n1. The van der Waals surface area contributed by atoms with Gasteiger partial charge in [0.1, 0.15) is 11.6 Å². The second-order valence-corrected chi connectivity index (χ2v) is 5.30. The molecule has 2 rings (SSSR count). The first-order valence-corrected chi connectivity index (χ1v) is 6.82. The Morgan fingerprint density at radius 3 is 2.00 bits per heavy atom. The summed E-state index contributed by atoms with van der Waals surface area (Å²) in [6.45, 7) is 3.50. The summed E-state index contributed by atoms with van der Waals surface area (Å²) in [4.78, 5) is 12.1. The van der Waals surface area contributed by atoms with Crippen LogP contribution in [0.2, 0.25) is 0 Å². The van der Waals surface area contributed by atoms with E-state index in [1.807, 2.05) is 0 Å². The van der Waals surface area contributed by atoms with E-state index in [-0.39, 0.29) is 4.90 Å². The third kappa shape index (κ3) is 3.46. The highest BCUT2D eigenvalue weighted by Crippen LogP contribution is 2.16. The molecular weight excluding hydrogens is 268 g/mol. The molecule has 0 unspecified atom stereocenters. The molecule has 0 aliphatic heterocycles. The van der Waals surface area contributed by atoms with Crippen LogP contribution in [0.25, 0.3) is 0 Å². The molecule has 0 aliphatic carbocycles. The second kappa shape index (κ2) is 4.90. The summed E-state index contributed by atoms with van der Waals surface area (Å²) in [7, 11) is -4.17. The molecule has 0 atom stereocenters. The average Bonchev–Trinajstić information content (AvgIpc) is 2.26. The van der Waals surface area contributed by atoms with Crippen molar-refractivity contribution in [3.63, 3.8) is 0 Å². The molecule has 1 heterocycles. The Balaban J connectivity index is 2.24. The van der Waals surface area contributed by atoms with Crippen molar-refractivity contribution >= 4 is 21.8 Å². The minimum Gasteiger partial charge on any atom is -0.324 e. The van der Waals surface area contributed by atoms with E-state index >= 15 is 0 Å². The second-order valence-electron chi connectivity index (χ2n) is 3.88. The zero-order valence-electron chi connectivity index (χ0n) is 10.3. The summed E-state index contributed by atoms with van der Waals surface area (Å²) in [5.74, 6) is 1.55. The fraction of sp³-hybridized carbons (Fsp3) is 0.182. The number of benzene rings is 1. The average molecular weight is 280 g/mol. The first kappa shape index (κ1) is 13.4. The Morgan fingerprint density at radius 1 is 1.00 bits per heavy atom. The van der Waals surface area contributed by atoms with E-state index < -0.39 is 10.1 Å². The number of aryl methyl sites for hydroxylation is 2. The van der Waals surface area contributed by atoms with E-state index in [9.17, 15) is 8.42 Å². The molecule has 0 spiro atoms. The molecule has 0 saturated carbocycles. The Morgan fingerprint density at radius 2 is 1.53 bits per heavy atom. The quantitative estimate of drug-likeness (QED) is 0.820. The van der Waals surface area contributed by atoms with Crippen LogP contribution >= 0.6 is 0 Å². The molecule has 0 aliphatic rings. The summed E-state index contributed by atoms with van der Waals surface area (Å²) in [5.41, 5.74) is 0.609. The Kier molecular flexibility index (Phi) is 3.45. The zero-order chi connectivity index (χ0) is 14.0. The van der Waals surface area contributed by atoms with Gasteiger partial charge in [0.2, 0.25) is 5.95 Å². The number of hydrogen-bond acceptors (Lipinski definition) is 6. The lowest BCUT2D eigenvalue weighted by Crippen LogP contribution is -2.03. The van der Waals surface area contributed by atoms with Gasteiger partial charge in [-0.15, -0.1) is 0 Å². The van der Waals surface area contributed by atoms with Crippen LogP contribution in [0.15, 0.2) is 29.2 Å². The van der Waals surface area contributed by atoms with E-state index in [0.717, 1.165) is 0 Å². The van der Waals surface area contributed by atoms with Crippen molar-refractivity contribution in [2.24, 2.45) is 0 Å². The van der Waals surface area contributed by atoms with Gasteiger partial charge in [-0.3, -0.25) is 4.55 Å². The number of nitrogens with zero attached hydrogens (tertiary/aromatic N) is 3. The third-order valence-corrected chi connectivity index (χ3v) is 3.14. The van der Waals surface area contributed by atoms with Crippen LogP contribution < -0.4 is 5.32 Å². The minimum atomic E-state index is -4.17. The molecule has 7 nitrogen and oxygen atoms in total. The highest BCUT2D eigenvalue weighted by Gasteiger charge is 2.09. The molecule has 2 aromatic rings. The number of rotatable bonds is 3. The monoisotopic (exact) mass is 280 g/mol. The fourth-order valence-electron chi connectivity index (χ4n) is 1.51. The van der Waals surface area contributed by atoms with E-state index in [2.05, 4.69) is 20.3 Å². The maximum atomic E-state index is 10.9. The summed E-state index contributed by atoms with van der Waals surface area (Å²) in [5, 5.41) is 2.93. The minimum absolute atomic E-state index is 0.166. The largest absolute Gasteiger partial charge is 0.324 e. The third-order valence-electron chi connectivity index (χ3n) is 2.27. The van der Waals surface area contributed by atoms with Crippen LogP contribution in [0.5, 0.6) is 0 Å². The van der Waals surface area contributed by atoms with Gasteiger partial charge in [0, 0.05) is 5.69 Å². The Labute approximate surface area is 110 Å². The molecule has 1 aromatic carbocycles. The topological polar surface area (TPSA) is 105 Å². The summed E-state index contributed by atoms with van der Waals surface area (Å²) in [6, 6.07) is 5.60. The molecule has 8 heteroatoms. The van der Waals surface area contributed by atoms with Gasteiger partial charge in [0.25, 0.3) is 10.1 Å². The van der Waals surface area contributed by atoms with Gasteiger partial charge in [-0.1, -0.05) is 0 Å². The molecule has 0 fully saturated rings. The van der Waals surface area contributed by atoms with Crippen molar-refractivity contribution in [2.75, 3.05) is 5.32 Å². The normalized spacial score (nSPS) is 11.3. The van der Waals surface area contributed by atoms with Crippen molar-refractivity contribution in [3.05, 3.63) is 35.9 Å². The number of aromatic nitrogens is 3. The zero-order valence-corrected chi connectivity index (χ0v) is 11.1. The van der Waals surface area contributed by atoms with Gasteiger partial charge >= 0.3 is 0 Å². The van der Waals surface area contributed by atoms with Crippen molar-refractivity contribution in [1.29, 1.82) is 0 Å². The van der Waals surface area contributed by atoms with Crippen LogP contribution in [0.3, 0.4) is 0 Å². The Bertz CT molecular complexity index is 678. The van der Waals surface area contributed by atoms with E-state index in [1.54, 1.807) is 13.8 Å². The van der Waals surface area contributed by atoms with Crippen molar-refractivity contribution < 1.29 is 13.0 Å². The van der Waals surface area contributed by atoms with Crippen LogP contribution in [-0.2, 0) is 10.1 Å². The first-order valence-electron chi connectivity index (χ1n) is 5.38. The van der Waals surface area contributed by atoms with Crippen LogP contribution in [0.4, 0.5) is 11.6 Å². The van der Waals surface area contributed by atoms with Gasteiger partial charge in [-0.05, 0) is 38.1 Å². The fourth-order valence-corrected chi connectivity index (χ4v) is 1.99. The van der Waals surface area contributed by atoms with Gasteiger partial charge in [0.05, 0.1) is 4.90 Å². The predicted molar refractivity (Wildman–Crippen MR) is 68.8 cm³/mol. The molecule has 0 amide bonds. The van der Waals surface area contributed by atoms with Gasteiger partial charge < -0.3 is 5.32 Å². The highest BCUT2D eigenvalue weighted by molar-refractivity contribution is 7.85. The van der Waals surface area contributed by atoms with Crippen molar-refractivity contribution in [1.82, 2.24) is 15.0 Å². The lowest BCUT2D eigenvalue weighted by Gasteiger charge is -2.06. The molecule has 100 valence electrons. The summed E-state index contributed by atoms with van der Waals surface area (Å²) in [6.07, 6.45) is 0. The van der Waals surface area contributed by atoms with E-state index in [1.165, 1.54) is 24.3 Å². The lowest BCUT2D eigenvalue weighted by atomic mass is 10.3. The maximum absolute atomic E-state index is 10.9. The number of hydrogen-bond donors (Lipinski definition) is 2. The first-order chi connectivity index (χ1) is 8.84. The molecule has 19 heavy (non-hydrogen) atoms. The van der Waals surface area contributed by atoms with E-state index in [4.69, 9.17) is 4.55 Å². The molecule has 0 radical (unpaired) electrons. The lowest BCUT2D eigenvalue weighted by molar-refractivity contribution is 0.483. The smallest absolute Gasteiger partial charge is 0.294 e. The number of anilines is 2. The maximum Gasteiger partial charge on any atom is 0.294 e. The molecule has 2 N–H and O–H groups in total. The van der Waals surface area contributed by atoms with Gasteiger partial charge in [-0.2, -0.15) is 18.4 Å². The van der Waals surface area contributed by atoms with Gasteiger partial charge in [-0.25, -0.2) is 4.98 Å². The van der Waals surface area contributed by atoms with Crippen molar-refractivity contribution in [3.8, 4) is 0 Å². The summed E-state index contributed by atoms with van der Waals surface area (Å²) < 4.78 is 30.6. The Hall–Kier alpha value is -2.06. The summed E-state index contributed by atoms with van der Waals surface area (Å²) >= 11 is 0. The van der Waals surface area contributed by atoms with Gasteiger partial charge in [0.15, 0.2) is 0 Å². The molecule has 0 bridgehead atoms. The van der Waals surface area contributed by atoms with Crippen LogP contribution in [0.1, 0.15) is 11.6 Å².